The summed E-state index contributed by atoms with van der Waals surface area (Å²) in [5.74, 6) is 0.572. The summed E-state index contributed by atoms with van der Waals surface area (Å²) in [5.41, 5.74) is 2.15. The van der Waals surface area contributed by atoms with E-state index < -0.39 is 11.9 Å². The van der Waals surface area contributed by atoms with Crippen LogP contribution in [0.3, 0.4) is 0 Å². The normalized spacial score (nSPS) is 15.7. The van der Waals surface area contributed by atoms with Crippen molar-refractivity contribution in [3.8, 4) is 11.6 Å². The third kappa shape index (κ3) is 5.46. The summed E-state index contributed by atoms with van der Waals surface area (Å²) in [6, 6.07) is 8.69. The number of fused-ring (bicyclic) bond motifs is 1. The van der Waals surface area contributed by atoms with Crippen LogP contribution in [0.15, 0.2) is 48.9 Å². The SMILES string of the molecule is C[C@@H](Oc1ccc2n[nH]c(/C=C(\F)c3ccc(OC4CCOCC4)nc3)c2c1)c1c(Cl)cncc1Cl. The monoisotopic (exact) mass is 528 g/mol. The van der Waals surface area contributed by atoms with Crippen molar-refractivity contribution in [1.29, 1.82) is 0 Å². The van der Waals surface area contributed by atoms with Gasteiger partial charge in [-0.3, -0.25) is 10.1 Å². The van der Waals surface area contributed by atoms with Gasteiger partial charge in [0.1, 0.15) is 23.8 Å². The van der Waals surface area contributed by atoms with Crippen LogP contribution in [0.1, 0.15) is 42.7 Å². The van der Waals surface area contributed by atoms with Crippen molar-refractivity contribution in [2.45, 2.75) is 32.0 Å². The van der Waals surface area contributed by atoms with Crippen LogP contribution in [0.5, 0.6) is 11.6 Å². The van der Waals surface area contributed by atoms with Crippen LogP contribution in [0.2, 0.25) is 10.0 Å². The Morgan fingerprint density at radius 3 is 2.64 bits per heavy atom. The molecular formula is C26H23Cl2FN4O3. The first-order valence-electron chi connectivity index (χ1n) is 11.5. The molecule has 0 spiro atoms. The quantitative estimate of drug-likeness (QED) is 0.283. The summed E-state index contributed by atoms with van der Waals surface area (Å²) in [4.78, 5) is 8.23. The minimum absolute atomic E-state index is 0.0681. The molecule has 0 aliphatic carbocycles. The lowest BCUT2D eigenvalue weighted by Gasteiger charge is -2.22. The molecule has 0 unspecified atom stereocenters. The van der Waals surface area contributed by atoms with Crippen LogP contribution >= 0.6 is 23.2 Å². The molecule has 0 amide bonds. The van der Waals surface area contributed by atoms with Crippen LogP contribution < -0.4 is 9.47 Å². The van der Waals surface area contributed by atoms with Gasteiger partial charge in [0.2, 0.25) is 5.88 Å². The molecule has 1 aliphatic rings. The lowest BCUT2D eigenvalue weighted by molar-refractivity contribution is 0.0237. The van der Waals surface area contributed by atoms with Crippen molar-refractivity contribution < 1.29 is 18.6 Å². The molecule has 1 aliphatic heterocycles. The molecular weight excluding hydrogens is 506 g/mol. The second-order valence-corrected chi connectivity index (χ2v) is 9.21. The predicted molar refractivity (Wildman–Crippen MR) is 137 cm³/mol. The summed E-state index contributed by atoms with van der Waals surface area (Å²) in [7, 11) is 0. The van der Waals surface area contributed by atoms with Crippen molar-refractivity contribution in [3.63, 3.8) is 0 Å². The number of nitrogens with zero attached hydrogens (tertiary/aromatic N) is 3. The Balaban J connectivity index is 1.33. The van der Waals surface area contributed by atoms with E-state index in [1.807, 2.05) is 6.92 Å². The molecule has 0 bridgehead atoms. The Bertz CT molecular complexity index is 1370. The molecule has 10 heteroatoms. The molecule has 186 valence electrons. The molecule has 1 aromatic carbocycles. The van der Waals surface area contributed by atoms with Crippen molar-refractivity contribution in [2.24, 2.45) is 0 Å². The van der Waals surface area contributed by atoms with Crippen LogP contribution in [-0.4, -0.2) is 39.5 Å². The molecule has 1 fully saturated rings. The third-order valence-corrected chi connectivity index (χ3v) is 6.51. The largest absolute Gasteiger partial charge is 0.486 e. The number of aromatic amines is 1. The van der Waals surface area contributed by atoms with Crippen LogP contribution in [0, 0.1) is 0 Å². The van der Waals surface area contributed by atoms with Gasteiger partial charge in [0.25, 0.3) is 0 Å². The molecule has 0 saturated carbocycles. The summed E-state index contributed by atoms with van der Waals surface area (Å²) in [5, 5.41) is 8.69. The van der Waals surface area contributed by atoms with E-state index in [-0.39, 0.29) is 6.10 Å². The zero-order valence-electron chi connectivity index (χ0n) is 19.4. The van der Waals surface area contributed by atoms with Crippen molar-refractivity contribution in [3.05, 3.63) is 75.8 Å². The minimum Gasteiger partial charge on any atom is -0.486 e. The molecule has 7 nitrogen and oxygen atoms in total. The first-order valence-corrected chi connectivity index (χ1v) is 12.2. The fourth-order valence-corrected chi connectivity index (χ4v) is 4.70. The molecule has 1 saturated heterocycles. The Labute approximate surface area is 217 Å². The maximum Gasteiger partial charge on any atom is 0.213 e. The first-order chi connectivity index (χ1) is 17.5. The number of halogens is 3. The fourth-order valence-electron chi connectivity index (χ4n) is 4.03. The number of nitrogens with one attached hydrogen (secondary N) is 1. The molecule has 1 N–H and O–H groups in total. The number of H-pyrrole nitrogens is 1. The van der Waals surface area contributed by atoms with Gasteiger partial charge in [-0.2, -0.15) is 5.10 Å². The standard InChI is InChI=1S/C26H23Cl2FN4O3/c1-15(26-20(27)13-30-14-21(26)28)35-18-3-4-23-19(10-18)24(33-32-23)11-22(29)16-2-5-25(31-12-16)36-17-6-8-34-9-7-17/h2-5,10-15,17H,6-9H2,1H3,(H,32,33)/b22-11-/t15-/m1/s1. The number of pyridine rings is 2. The highest BCUT2D eigenvalue weighted by Crippen LogP contribution is 2.34. The number of hydrogen-bond donors (Lipinski definition) is 1. The number of hydrogen-bond acceptors (Lipinski definition) is 6. The zero-order chi connectivity index (χ0) is 25.1. The second kappa shape index (κ2) is 10.8. The van der Waals surface area contributed by atoms with E-state index in [9.17, 15) is 0 Å². The van der Waals surface area contributed by atoms with Gasteiger partial charge in [-0.15, -0.1) is 0 Å². The van der Waals surface area contributed by atoms with E-state index >= 15 is 4.39 Å². The third-order valence-electron chi connectivity index (χ3n) is 5.90. The van der Waals surface area contributed by atoms with Gasteiger partial charge in [-0.05, 0) is 31.2 Å². The Kier molecular flexibility index (Phi) is 7.36. The van der Waals surface area contributed by atoms with Crippen molar-refractivity contribution >= 4 is 46.0 Å². The van der Waals surface area contributed by atoms with Gasteiger partial charge in [0.05, 0.1) is 34.5 Å². The topological polar surface area (TPSA) is 82.2 Å². The zero-order valence-corrected chi connectivity index (χ0v) is 20.9. The molecule has 0 radical (unpaired) electrons. The summed E-state index contributed by atoms with van der Waals surface area (Å²) in [6.07, 6.45) is 7.15. The van der Waals surface area contributed by atoms with Gasteiger partial charge in [0.15, 0.2) is 0 Å². The Hall–Kier alpha value is -3.20. The summed E-state index contributed by atoms with van der Waals surface area (Å²) < 4.78 is 32.4. The number of ether oxygens (including phenoxy) is 3. The van der Waals surface area contributed by atoms with Crippen LogP contribution in [0.25, 0.3) is 22.8 Å². The molecule has 5 rings (SSSR count). The first kappa shape index (κ1) is 24.5. The maximum absolute atomic E-state index is 15.1. The second-order valence-electron chi connectivity index (χ2n) is 8.40. The Morgan fingerprint density at radius 1 is 1.14 bits per heavy atom. The van der Waals surface area contributed by atoms with Crippen LogP contribution in [0.4, 0.5) is 4.39 Å². The average molecular weight is 529 g/mol. The van der Waals surface area contributed by atoms with Crippen molar-refractivity contribution in [2.75, 3.05) is 13.2 Å². The van der Waals surface area contributed by atoms with E-state index in [0.717, 1.165) is 12.8 Å². The lowest BCUT2D eigenvalue weighted by atomic mass is 10.1. The number of rotatable bonds is 7. The summed E-state index contributed by atoms with van der Waals surface area (Å²) >= 11 is 12.5. The molecule has 3 aromatic heterocycles. The minimum atomic E-state index is -0.458. The van der Waals surface area contributed by atoms with E-state index in [2.05, 4.69) is 20.2 Å². The van der Waals surface area contributed by atoms with E-state index in [1.165, 1.54) is 24.7 Å². The van der Waals surface area contributed by atoms with Crippen molar-refractivity contribution in [1.82, 2.24) is 20.2 Å². The highest BCUT2D eigenvalue weighted by atomic mass is 35.5. The molecule has 4 aromatic rings. The molecule has 4 heterocycles. The maximum atomic E-state index is 15.1. The number of aromatic nitrogens is 4. The molecule has 36 heavy (non-hydrogen) atoms. The fraction of sp³-hybridized carbons (Fsp3) is 0.269. The highest BCUT2D eigenvalue weighted by Gasteiger charge is 2.18. The predicted octanol–water partition coefficient (Wildman–Crippen LogP) is 6.83. The van der Waals surface area contributed by atoms with Crippen LogP contribution in [-0.2, 0) is 4.74 Å². The van der Waals surface area contributed by atoms with Gasteiger partial charge in [-0.25, -0.2) is 9.37 Å². The van der Waals surface area contributed by atoms with E-state index in [1.54, 1.807) is 30.3 Å². The average Bonchev–Trinajstić information content (AvgIpc) is 3.27. The van der Waals surface area contributed by atoms with Gasteiger partial charge < -0.3 is 14.2 Å². The van der Waals surface area contributed by atoms with Gasteiger partial charge in [-0.1, -0.05) is 23.2 Å². The molecule has 1 atom stereocenters. The Morgan fingerprint density at radius 2 is 1.92 bits per heavy atom. The van der Waals surface area contributed by atoms with E-state index in [0.29, 0.717) is 62.6 Å². The van der Waals surface area contributed by atoms with Gasteiger partial charge >= 0.3 is 0 Å². The number of benzene rings is 1. The van der Waals surface area contributed by atoms with Gasteiger partial charge in [0, 0.05) is 60.1 Å². The smallest absolute Gasteiger partial charge is 0.213 e. The highest BCUT2D eigenvalue weighted by molar-refractivity contribution is 6.35. The summed E-state index contributed by atoms with van der Waals surface area (Å²) in [6.45, 7) is 3.19. The van der Waals surface area contributed by atoms with E-state index in [4.69, 9.17) is 37.4 Å². The lowest BCUT2D eigenvalue weighted by Crippen LogP contribution is -2.26.